The number of hydrogen-bond acceptors (Lipinski definition) is 5. The Balaban J connectivity index is 1.83. The number of carbonyl (C=O) groups is 2. The number of carboxylic acids is 1. The second-order valence-electron chi connectivity index (χ2n) is 5.73. The van der Waals surface area contributed by atoms with E-state index in [9.17, 15) is 14.7 Å². The average molecular weight is 323 g/mol. The SMILES string of the molecule is CC(O)(CNC(=O)c1ccc(OCC2CCCO2)cc1)C(=O)O. The zero-order chi connectivity index (χ0) is 16.9. The van der Waals surface area contributed by atoms with Gasteiger partial charge in [0.15, 0.2) is 5.60 Å². The quantitative estimate of drug-likeness (QED) is 0.686. The molecule has 2 atom stereocenters. The maximum absolute atomic E-state index is 11.9. The van der Waals surface area contributed by atoms with Gasteiger partial charge in [-0.15, -0.1) is 0 Å². The molecule has 0 spiro atoms. The first kappa shape index (κ1) is 17.2. The van der Waals surface area contributed by atoms with E-state index in [0.717, 1.165) is 26.4 Å². The summed E-state index contributed by atoms with van der Waals surface area (Å²) >= 11 is 0. The topological polar surface area (TPSA) is 105 Å². The smallest absolute Gasteiger partial charge is 0.337 e. The van der Waals surface area contributed by atoms with Gasteiger partial charge in [0.1, 0.15) is 12.4 Å². The van der Waals surface area contributed by atoms with Gasteiger partial charge < -0.3 is 25.0 Å². The molecule has 1 saturated heterocycles. The van der Waals surface area contributed by atoms with Crippen LogP contribution in [0.2, 0.25) is 0 Å². The van der Waals surface area contributed by atoms with Crippen LogP contribution in [0.25, 0.3) is 0 Å². The van der Waals surface area contributed by atoms with Crippen LogP contribution in [0.1, 0.15) is 30.1 Å². The van der Waals surface area contributed by atoms with Crippen LogP contribution in [0.5, 0.6) is 5.75 Å². The minimum Gasteiger partial charge on any atom is -0.491 e. The van der Waals surface area contributed by atoms with E-state index in [0.29, 0.717) is 17.9 Å². The van der Waals surface area contributed by atoms with Crippen molar-refractivity contribution in [3.63, 3.8) is 0 Å². The summed E-state index contributed by atoms with van der Waals surface area (Å²) in [6, 6.07) is 6.49. The lowest BCUT2D eigenvalue weighted by molar-refractivity contribution is -0.155. The Morgan fingerprint density at radius 2 is 2.09 bits per heavy atom. The van der Waals surface area contributed by atoms with Crippen LogP contribution in [0.15, 0.2) is 24.3 Å². The second-order valence-corrected chi connectivity index (χ2v) is 5.73. The molecule has 1 aliphatic rings. The van der Waals surface area contributed by atoms with Gasteiger partial charge in [0.25, 0.3) is 5.91 Å². The largest absolute Gasteiger partial charge is 0.491 e. The predicted molar refractivity (Wildman–Crippen MR) is 81.5 cm³/mol. The Bertz CT molecular complexity index is 548. The molecule has 0 aliphatic carbocycles. The fraction of sp³-hybridized carbons (Fsp3) is 0.500. The summed E-state index contributed by atoms with van der Waals surface area (Å²) < 4.78 is 11.1. The Labute approximate surface area is 134 Å². The molecule has 126 valence electrons. The monoisotopic (exact) mass is 323 g/mol. The van der Waals surface area contributed by atoms with Crippen molar-refractivity contribution in [3.8, 4) is 5.75 Å². The first-order chi connectivity index (χ1) is 10.9. The van der Waals surface area contributed by atoms with Crippen LogP contribution in [-0.2, 0) is 9.53 Å². The molecule has 2 rings (SSSR count). The number of ether oxygens (including phenoxy) is 2. The summed E-state index contributed by atoms with van der Waals surface area (Å²) in [6.45, 7) is 2.00. The average Bonchev–Trinajstić information content (AvgIpc) is 3.04. The number of nitrogens with one attached hydrogen (secondary N) is 1. The van der Waals surface area contributed by atoms with Crippen LogP contribution >= 0.6 is 0 Å². The molecular formula is C16H21NO6. The lowest BCUT2D eigenvalue weighted by Crippen LogP contribution is -2.46. The number of aliphatic carboxylic acids is 1. The van der Waals surface area contributed by atoms with E-state index >= 15 is 0 Å². The summed E-state index contributed by atoms with van der Waals surface area (Å²) in [5.74, 6) is -1.22. The van der Waals surface area contributed by atoms with Gasteiger partial charge in [-0.25, -0.2) is 4.79 Å². The third-order valence-corrected chi connectivity index (χ3v) is 3.63. The van der Waals surface area contributed by atoms with E-state index < -0.39 is 17.5 Å². The van der Waals surface area contributed by atoms with Crippen molar-refractivity contribution < 1.29 is 29.3 Å². The Kier molecular flexibility index (Phi) is 5.57. The summed E-state index contributed by atoms with van der Waals surface area (Å²) in [4.78, 5) is 22.7. The first-order valence-corrected chi connectivity index (χ1v) is 7.47. The van der Waals surface area contributed by atoms with Gasteiger partial charge in [0.2, 0.25) is 0 Å². The third kappa shape index (κ3) is 4.94. The van der Waals surface area contributed by atoms with Gasteiger partial charge in [-0.05, 0) is 44.0 Å². The summed E-state index contributed by atoms with van der Waals surface area (Å²) in [7, 11) is 0. The van der Waals surface area contributed by atoms with Crippen molar-refractivity contribution in [1.29, 1.82) is 0 Å². The molecule has 7 heteroatoms. The number of hydrogen-bond donors (Lipinski definition) is 3. The number of carboxylic acid groups (broad SMARTS) is 1. The second kappa shape index (κ2) is 7.43. The number of aliphatic hydroxyl groups is 1. The van der Waals surface area contributed by atoms with E-state index in [2.05, 4.69) is 5.32 Å². The van der Waals surface area contributed by atoms with E-state index in [-0.39, 0.29) is 12.6 Å². The van der Waals surface area contributed by atoms with Gasteiger partial charge in [-0.3, -0.25) is 4.79 Å². The number of rotatable bonds is 7. The van der Waals surface area contributed by atoms with Gasteiger partial charge in [0.05, 0.1) is 12.6 Å². The molecular weight excluding hydrogens is 302 g/mol. The molecule has 0 bridgehead atoms. The van der Waals surface area contributed by atoms with Gasteiger partial charge >= 0.3 is 5.97 Å². The van der Waals surface area contributed by atoms with Crippen molar-refractivity contribution in [2.75, 3.05) is 19.8 Å². The fourth-order valence-electron chi connectivity index (χ4n) is 2.10. The van der Waals surface area contributed by atoms with Crippen LogP contribution in [0.3, 0.4) is 0 Å². The van der Waals surface area contributed by atoms with Crippen molar-refractivity contribution in [3.05, 3.63) is 29.8 Å². The molecule has 0 radical (unpaired) electrons. The molecule has 1 fully saturated rings. The zero-order valence-corrected chi connectivity index (χ0v) is 12.9. The molecule has 0 aromatic heterocycles. The minimum atomic E-state index is -2.00. The molecule has 2 unspecified atom stereocenters. The van der Waals surface area contributed by atoms with Crippen molar-refractivity contribution in [1.82, 2.24) is 5.32 Å². The van der Waals surface area contributed by atoms with Crippen molar-refractivity contribution in [2.45, 2.75) is 31.5 Å². The van der Waals surface area contributed by atoms with E-state index in [4.69, 9.17) is 14.6 Å². The number of amides is 1. The highest BCUT2D eigenvalue weighted by molar-refractivity contribution is 5.94. The lowest BCUT2D eigenvalue weighted by atomic mass is 10.1. The third-order valence-electron chi connectivity index (χ3n) is 3.63. The molecule has 1 amide bonds. The molecule has 1 aromatic carbocycles. The van der Waals surface area contributed by atoms with Crippen LogP contribution in [0, 0.1) is 0 Å². The fourth-order valence-corrected chi connectivity index (χ4v) is 2.10. The van der Waals surface area contributed by atoms with E-state index in [1.165, 1.54) is 0 Å². The molecule has 7 nitrogen and oxygen atoms in total. The van der Waals surface area contributed by atoms with E-state index in [1.807, 2.05) is 0 Å². The highest BCUT2D eigenvalue weighted by Crippen LogP contribution is 2.16. The van der Waals surface area contributed by atoms with Crippen molar-refractivity contribution in [2.24, 2.45) is 0 Å². The summed E-state index contributed by atoms with van der Waals surface area (Å²) in [5.41, 5.74) is -1.64. The van der Waals surface area contributed by atoms with Crippen LogP contribution in [-0.4, -0.2) is 53.6 Å². The Hall–Kier alpha value is -2.12. The van der Waals surface area contributed by atoms with Crippen LogP contribution in [0.4, 0.5) is 0 Å². The predicted octanol–water partition coefficient (Wildman–Crippen LogP) is 0.810. The maximum atomic E-state index is 11.9. The van der Waals surface area contributed by atoms with Gasteiger partial charge in [-0.1, -0.05) is 0 Å². The molecule has 3 N–H and O–H groups in total. The van der Waals surface area contributed by atoms with Crippen molar-refractivity contribution >= 4 is 11.9 Å². The van der Waals surface area contributed by atoms with Crippen LogP contribution < -0.4 is 10.1 Å². The minimum absolute atomic E-state index is 0.122. The highest BCUT2D eigenvalue weighted by Gasteiger charge is 2.30. The van der Waals surface area contributed by atoms with Gasteiger partial charge in [-0.2, -0.15) is 0 Å². The standard InChI is InChI=1S/C16H21NO6/c1-16(21,15(19)20)10-17-14(18)11-4-6-12(7-5-11)23-9-13-3-2-8-22-13/h4-7,13,21H,2-3,8-10H2,1H3,(H,17,18)(H,19,20). The maximum Gasteiger partial charge on any atom is 0.337 e. The molecule has 1 heterocycles. The summed E-state index contributed by atoms with van der Waals surface area (Å²) in [6.07, 6.45) is 2.16. The summed E-state index contributed by atoms with van der Waals surface area (Å²) in [5, 5.41) is 20.7. The first-order valence-electron chi connectivity index (χ1n) is 7.47. The van der Waals surface area contributed by atoms with E-state index in [1.54, 1.807) is 24.3 Å². The Morgan fingerprint density at radius 3 is 2.65 bits per heavy atom. The highest BCUT2D eigenvalue weighted by atomic mass is 16.5. The molecule has 0 saturated carbocycles. The number of carbonyl (C=O) groups excluding carboxylic acids is 1. The lowest BCUT2D eigenvalue weighted by Gasteiger charge is -2.18. The van der Waals surface area contributed by atoms with Gasteiger partial charge in [0, 0.05) is 12.2 Å². The number of benzene rings is 1. The molecule has 1 aliphatic heterocycles. The molecule has 1 aromatic rings. The Morgan fingerprint density at radius 1 is 1.39 bits per heavy atom. The molecule has 23 heavy (non-hydrogen) atoms. The normalized spacial score (nSPS) is 19.8. The zero-order valence-electron chi connectivity index (χ0n) is 12.9.